The van der Waals surface area contributed by atoms with Crippen LogP contribution >= 0.6 is 11.6 Å². The Balaban J connectivity index is 1.94. The normalized spacial score (nSPS) is 15.3. The van der Waals surface area contributed by atoms with Crippen LogP contribution in [0.4, 0.5) is 0 Å². The Bertz CT molecular complexity index is 730. The van der Waals surface area contributed by atoms with E-state index in [-0.39, 0.29) is 10.9 Å². The summed E-state index contributed by atoms with van der Waals surface area (Å²) in [6, 6.07) is 10.6. The van der Waals surface area contributed by atoms with Crippen molar-refractivity contribution in [2.45, 2.75) is 30.3 Å². The Morgan fingerprint density at radius 2 is 1.95 bits per heavy atom. The Kier molecular flexibility index (Phi) is 3.97. The van der Waals surface area contributed by atoms with Crippen molar-refractivity contribution in [2.75, 3.05) is 0 Å². The minimum atomic E-state index is -3.54. The lowest BCUT2D eigenvalue weighted by Gasteiger charge is -2.22. The van der Waals surface area contributed by atoms with E-state index >= 15 is 0 Å². The fraction of sp³-hybridized carbons (Fsp3) is 0.267. The van der Waals surface area contributed by atoms with Crippen molar-refractivity contribution in [1.29, 1.82) is 0 Å². The van der Waals surface area contributed by atoms with Gasteiger partial charge in [-0.05, 0) is 36.6 Å². The summed E-state index contributed by atoms with van der Waals surface area (Å²) in [4.78, 5) is 4.13. The van der Waals surface area contributed by atoms with E-state index in [2.05, 4.69) is 4.98 Å². The van der Waals surface area contributed by atoms with Crippen LogP contribution in [-0.2, 0) is 16.6 Å². The zero-order chi connectivity index (χ0) is 14.9. The highest BCUT2D eigenvalue weighted by atomic mass is 35.5. The van der Waals surface area contributed by atoms with Crippen molar-refractivity contribution in [3.8, 4) is 0 Å². The summed E-state index contributed by atoms with van der Waals surface area (Å²) in [5.41, 5.74) is 0.818. The Morgan fingerprint density at radius 3 is 2.57 bits per heavy atom. The Morgan fingerprint density at radius 1 is 1.19 bits per heavy atom. The van der Waals surface area contributed by atoms with Crippen molar-refractivity contribution < 1.29 is 8.42 Å². The van der Waals surface area contributed by atoms with Gasteiger partial charge in [-0.3, -0.25) is 4.98 Å². The highest BCUT2D eigenvalue weighted by Crippen LogP contribution is 2.34. The molecule has 4 nitrogen and oxygen atoms in total. The molecule has 2 aromatic rings. The number of nitrogens with zero attached hydrogens (tertiary/aromatic N) is 2. The Labute approximate surface area is 129 Å². The quantitative estimate of drug-likeness (QED) is 0.850. The van der Waals surface area contributed by atoms with E-state index in [0.29, 0.717) is 11.6 Å². The molecule has 1 fully saturated rings. The molecule has 0 amide bonds. The maximum atomic E-state index is 12.8. The van der Waals surface area contributed by atoms with Gasteiger partial charge in [0.2, 0.25) is 10.0 Å². The Hall–Kier alpha value is -1.43. The van der Waals surface area contributed by atoms with Crippen molar-refractivity contribution in [1.82, 2.24) is 9.29 Å². The molecule has 0 N–H and O–H groups in total. The topological polar surface area (TPSA) is 50.3 Å². The van der Waals surface area contributed by atoms with E-state index in [1.54, 1.807) is 24.4 Å². The molecular formula is C15H15ClN2O2S. The fourth-order valence-electron chi connectivity index (χ4n) is 2.20. The predicted octanol–water partition coefficient (Wildman–Crippen LogP) is 3.09. The zero-order valence-electron chi connectivity index (χ0n) is 11.3. The molecule has 0 saturated heterocycles. The van der Waals surface area contributed by atoms with Gasteiger partial charge in [-0.2, -0.15) is 4.31 Å². The first-order valence-corrected chi connectivity index (χ1v) is 8.56. The summed E-state index contributed by atoms with van der Waals surface area (Å²) in [6.07, 6.45) is 4.74. The number of hydrogen-bond donors (Lipinski definition) is 0. The van der Waals surface area contributed by atoms with Crippen molar-refractivity contribution >= 4 is 21.6 Å². The van der Waals surface area contributed by atoms with E-state index in [1.165, 1.54) is 10.5 Å². The van der Waals surface area contributed by atoms with Crippen LogP contribution < -0.4 is 0 Å². The van der Waals surface area contributed by atoms with Gasteiger partial charge in [-0.15, -0.1) is 0 Å². The summed E-state index contributed by atoms with van der Waals surface area (Å²) in [7, 11) is -3.54. The van der Waals surface area contributed by atoms with Gasteiger partial charge >= 0.3 is 0 Å². The van der Waals surface area contributed by atoms with E-state index in [0.717, 1.165) is 18.4 Å². The summed E-state index contributed by atoms with van der Waals surface area (Å²) in [6.45, 7) is 0.293. The molecular weight excluding hydrogens is 308 g/mol. The second-order valence-electron chi connectivity index (χ2n) is 5.06. The third-order valence-corrected chi connectivity index (χ3v) is 5.73. The van der Waals surface area contributed by atoms with E-state index in [9.17, 15) is 8.42 Å². The minimum Gasteiger partial charge on any atom is -0.263 e. The van der Waals surface area contributed by atoms with Crippen molar-refractivity contribution in [2.24, 2.45) is 0 Å². The van der Waals surface area contributed by atoms with Crippen LogP contribution in [0.1, 0.15) is 18.4 Å². The standard InChI is InChI=1S/C15H15ClN2O2S/c16-15-6-2-1-4-12(15)11-18(13-7-8-13)21(19,20)14-5-3-9-17-10-14/h1-6,9-10,13H,7-8,11H2. The minimum absolute atomic E-state index is 0.0616. The van der Waals surface area contributed by atoms with Gasteiger partial charge in [-0.25, -0.2) is 8.42 Å². The molecule has 1 aromatic heterocycles. The number of benzene rings is 1. The molecule has 6 heteroatoms. The van der Waals surface area contributed by atoms with Gasteiger partial charge in [-0.1, -0.05) is 29.8 Å². The average molecular weight is 323 g/mol. The highest BCUT2D eigenvalue weighted by Gasteiger charge is 2.38. The third kappa shape index (κ3) is 3.10. The highest BCUT2D eigenvalue weighted by molar-refractivity contribution is 7.89. The largest absolute Gasteiger partial charge is 0.263 e. The summed E-state index contributed by atoms with van der Waals surface area (Å²) in [5, 5.41) is 0.588. The first-order valence-electron chi connectivity index (χ1n) is 6.74. The fourth-order valence-corrected chi connectivity index (χ4v) is 4.03. The lowest BCUT2D eigenvalue weighted by atomic mass is 10.2. The first kappa shape index (κ1) is 14.5. The second-order valence-corrected chi connectivity index (χ2v) is 7.36. The van der Waals surface area contributed by atoms with Gasteiger partial charge in [0.1, 0.15) is 4.90 Å². The van der Waals surface area contributed by atoms with Crippen molar-refractivity contribution in [3.05, 3.63) is 59.4 Å². The van der Waals surface area contributed by atoms with Crippen LogP contribution in [0.25, 0.3) is 0 Å². The SMILES string of the molecule is O=S(=O)(c1cccnc1)N(Cc1ccccc1Cl)C1CC1. The molecule has 1 saturated carbocycles. The van der Waals surface area contributed by atoms with Gasteiger partial charge in [0.05, 0.1) is 0 Å². The second kappa shape index (κ2) is 5.75. The van der Waals surface area contributed by atoms with Gasteiger partial charge in [0, 0.05) is 30.0 Å². The van der Waals surface area contributed by atoms with Gasteiger partial charge in [0.15, 0.2) is 0 Å². The zero-order valence-corrected chi connectivity index (χ0v) is 12.9. The molecule has 1 aromatic carbocycles. The molecule has 1 heterocycles. The molecule has 0 unspecified atom stereocenters. The monoisotopic (exact) mass is 322 g/mol. The molecule has 110 valence electrons. The van der Waals surface area contributed by atoms with Crippen molar-refractivity contribution in [3.63, 3.8) is 0 Å². The molecule has 21 heavy (non-hydrogen) atoms. The van der Waals surface area contributed by atoms with Crippen LogP contribution in [-0.4, -0.2) is 23.7 Å². The number of pyridine rings is 1. The molecule has 1 aliphatic rings. The maximum absolute atomic E-state index is 12.8. The molecule has 0 atom stereocenters. The van der Waals surface area contributed by atoms with Crippen LogP contribution in [0.3, 0.4) is 0 Å². The predicted molar refractivity (Wildman–Crippen MR) is 81.4 cm³/mol. The average Bonchev–Trinajstić information content (AvgIpc) is 3.31. The number of aromatic nitrogens is 1. The first-order chi connectivity index (χ1) is 10.1. The lowest BCUT2D eigenvalue weighted by molar-refractivity contribution is 0.398. The summed E-state index contributed by atoms with van der Waals surface area (Å²) < 4.78 is 27.1. The van der Waals surface area contributed by atoms with E-state index < -0.39 is 10.0 Å². The summed E-state index contributed by atoms with van der Waals surface area (Å²) in [5.74, 6) is 0. The number of halogens is 1. The third-order valence-electron chi connectivity index (χ3n) is 3.48. The van der Waals surface area contributed by atoms with Crippen LogP contribution in [0.2, 0.25) is 5.02 Å². The van der Waals surface area contributed by atoms with Crippen LogP contribution in [0.5, 0.6) is 0 Å². The number of sulfonamides is 1. The number of rotatable bonds is 5. The number of hydrogen-bond acceptors (Lipinski definition) is 3. The van der Waals surface area contributed by atoms with Crippen LogP contribution in [0.15, 0.2) is 53.7 Å². The maximum Gasteiger partial charge on any atom is 0.245 e. The molecule has 0 radical (unpaired) electrons. The van der Waals surface area contributed by atoms with E-state index in [4.69, 9.17) is 11.6 Å². The van der Waals surface area contributed by atoms with Gasteiger partial charge < -0.3 is 0 Å². The molecule has 0 spiro atoms. The lowest BCUT2D eigenvalue weighted by Crippen LogP contribution is -2.32. The van der Waals surface area contributed by atoms with E-state index in [1.807, 2.05) is 18.2 Å². The molecule has 1 aliphatic carbocycles. The molecule has 0 bridgehead atoms. The summed E-state index contributed by atoms with van der Waals surface area (Å²) >= 11 is 6.16. The molecule has 3 rings (SSSR count). The van der Waals surface area contributed by atoms with Gasteiger partial charge in [0.25, 0.3) is 0 Å². The van der Waals surface area contributed by atoms with Crippen LogP contribution in [0, 0.1) is 0 Å². The molecule has 0 aliphatic heterocycles. The smallest absolute Gasteiger partial charge is 0.245 e.